The van der Waals surface area contributed by atoms with Crippen molar-refractivity contribution < 1.29 is 64.6 Å². The number of rotatable bonds is 30. The van der Waals surface area contributed by atoms with E-state index in [-0.39, 0.29) is 18.9 Å². The summed E-state index contributed by atoms with van der Waals surface area (Å²) >= 11 is 0. The Morgan fingerprint density at radius 2 is 1.06 bits per heavy atom. The molecule has 2 heterocycles. The van der Waals surface area contributed by atoms with Crippen molar-refractivity contribution in [3.05, 3.63) is 0 Å². The fraction of sp³-hybridized carbons (Fsp3) is 0.974. The monoisotopic (exact) mass is 766 g/mol. The fourth-order valence-corrected chi connectivity index (χ4v) is 7.08. The number of carbonyl (C=O) groups excluding carboxylic acids is 1. The van der Waals surface area contributed by atoms with Gasteiger partial charge in [-0.3, -0.25) is 4.79 Å². The first-order valence-electron chi connectivity index (χ1n) is 20.8. The van der Waals surface area contributed by atoms with Crippen LogP contribution in [0.5, 0.6) is 0 Å². The first-order chi connectivity index (χ1) is 25.6. The molecule has 12 unspecified atom stereocenters. The molecule has 0 radical (unpaired) electrons. The van der Waals surface area contributed by atoms with Crippen molar-refractivity contribution >= 4 is 5.91 Å². The maximum Gasteiger partial charge on any atom is 0.220 e. The molecule has 1 amide bonds. The highest BCUT2D eigenvalue weighted by Gasteiger charge is 2.50. The molecule has 0 bridgehead atoms. The quantitative estimate of drug-likeness (QED) is 0.0480. The third-order valence-corrected chi connectivity index (χ3v) is 10.6. The SMILES string of the molecule is CCCCCCCCCCCCCCCCCCCCCC(O)C(COC1OC(CO)C(OC2OC(CO)C(O)C(O)C2O)C(O)C1O)NC(=O)CC. The van der Waals surface area contributed by atoms with Crippen LogP contribution in [-0.4, -0.2) is 140 Å². The van der Waals surface area contributed by atoms with Crippen LogP contribution in [0.3, 0.4) is 0 Å². The summed E-state index contributed by atoms with van der Waals surface area (Å²) in [6.45, 7) is 2.29. The lowest BCUT2D eigenvalue weighted by atomic mass is 9.97. The molecule has 2 aliphatic heterocycles. The van der Waals surface area contributed by atoms with Crippen LogP contribution in [0, 0.1) is 0 Å². The molecule has 0 spiro atoms. The van der Waals surface area contributed by atoms with Gasteiger partial charge in [0.1, 0.15) is 48.8 Å². The predicted molar refractivity (Wildman–Crippen MR) is 199 cm³/mol. The van der Waals surface area contributed by atoms with Crippen molar-refractivity contribution in [1.82, 2.24) is 5.32 Å². The van der Waals surface area contributed by atoms with E-state index in [2.05, 4.69) is 12.2 Å². The molecular formula is C39H75NO13. The number of nitrogens with one attached hydrogen (secondary N) is 1. The average Bonchev–Trinajstić information content (AvgIpc) is 3.16. The van der Waals surface area contributed by atoms with Gasteiger partial charge in [-0.15, -0.1) is 0 Å². The van der Waals surface area contributed by atoms with Crippen LogP contribution in [0.25, 0.3) is 0 Å². The van der Waals surface area contributed by atoms with Crippen LogP contribution in [0.2, 0.25) is 0 Å². The summed E-state index contributed by atoms with van der Waals surface area (Å²) in [6, 6.07) is -0.818. The molecule has 314 valence electrons. The number of ether oxygens (including phenoxy) is 4. The second-order valence-corrected chi connectivity index (χ2v) is 15.1. The maximum atomic E-state index is 12.3. The average molecular weight is 766 g/mol. The van der Waals surface area contributed by atoms with Crippen molar-refractivity contribution in [3.63, 3.8) is 0 Å². The highest BCUT2D eigenvalue weighted by atomic mass is 16.7. The van der Waals surface area contributed by atoms with E-state index in [9.17, 15) is 45.6 Å². The maximum absolute atomic E-state index is 12.3. The Balaban J connectivity index is 1.67. The number of aliphatic hydroxyl groups excluding tert-OH is 8. The molecule has 2 aliphatic rings. The van der Waals surface area contributed by atoms with Crippen molar-refractivity contribution in [2.24, 2.45) is 0 Å². The van der Waals surface area contributed by atoms with E-state index in [4.69, 9.17) is 18.9 Å². The lowest BCUT2D eigenvalue weighted by molar-refractivity contribution is -0.359. The zero-order valence-electron chi connectivity index (χ0n) is 32.5. The molecule has 2 rings (SSSR count). The van der Waals surface area contributed by atoms with E-state index in [1.165, 1.54) is 96.3 Å². The van der Waals surface area contributed by atoms with Gasteiger partial charge in [0.05, 0.1) is 32.0 Å². The molecule has 0 aliphatic carbocycles. The summed E-state index contributed by atoms with van der Waals surface area (Å²) in [5.41, 5.74) is 0. The zero-order valence-corrected chi connectivity index (χ0v) is 32.5. The number of hydrogen-bond acceptors (Lipinski definition) is 13. The smallest absolute Gasteiger partial charge is 0.220 e. The van der Waals surface area contributed by atoms with Crippen molar-refractivity contribution in [2.45, 2.75) is 222 Å². The van der Waals surface area contributed by atoms with Crippen LogP contribution in [0.1, 0.15) is 149 Å². The summed E-state index contributed by atoms with van der Waals surface area (Å²) < 4.78 is 22.3. The van der Waals surface area contributed by atoms with Gasteiger partial charge in [-0.05, 0) is 6.42 Å². The molecule has 2 fully saturated rings. The molecule has 9 N–H and O–H groups in total. The minimum atomic E-state index is -1.77. The third-order valence-electron chi connectivity index (χ3n) is 10.6. The molecule has 2 saturated heterocycles. The number of aliphatic hydroxyl groups is 8. The van der Waals surface area contributed by atoms with Gasteiger partial charge in [-0.25, -0.2) is 0 Å². The van der Waals surface area contributed by atoms with E-state index in [0.717, 1.165) is 25.7 Å². The Hall–Kier alpha value is -1.01. The van der Waals surface area contributed by atoms with Crippen molar-refractivity contribution in [1.29, 1.82) is 0 Å². The highest BCUT2D eigenvalue weighted by molar-refractivity contribution is 5.75. The highest BCUT2D eigenvalue weighted by Crippen LogP contribution is 2.30. The van der Waals surface area contributed by atoms with Crippen molar-refractivity contribution in [2.75, 3.05) is 19.8 Å². The molecule has 14 nitrogen and oxygen atoms in total. The second kappa shape index (κ2) is 28.4. The van der Waals surface area contributed by atoms with Gasteiger partial charge in [-0.1, -0.05) is 136 Å². The molecule has 53 heavy (non-hydrogen) atoms. The van der Waals surface area contributed by atoms with Crippen LogP contribution < -0.4 is 5.32 Å². The van der Waals surface area contributed by atoms with Crippen LogP contribution in [0.15, 0.2) is 0 Å². The summed E-state index contributed by atoms with van der Waals surface area (Å²) in [7, 11) is 0. The van der Waals surface area contributed by atoms with Crippen LogP contribution in [0.4, 0.5) is 0 Å². The van der Waals surface area contributed by atoms with E-state index in [1.807, 2.05) is 0 Å². The standard InChI is InChI=1S/C39H75NO13/c1-3-5-6-7-8-9-10-11-12-13-14-15-16-17-18-19-20-21-22-23-28(43)27(40-31(44)4-2)26-50-38-36(49)34(47)37(30(25-42)52-38)53-39-35(48)33(46)32(45)29(24-41)51-39/h27-30,32-39,41-43,45-49H,3-26H2,1-2H3,(H,40,44). The molecule has 12 atom stereocenters. The predicted octanol–water partition coefficient (Wildman–Crippen LogP) is 2.70. The fourth-order valence-electron chi connectivity index (χ4n) is 7.08. The van der Waals surface area contributed by atoms with Gasteiger partial charge in [0.2, 0.25) is 5.91 Å². The van der Waals surface area contributed by atoms with Crippen molar-refractivity contribution in [3.8, 4) is 0 Å². The Morgan fingerprint density at radius 1 is 0.604 bits per heavy atom. The largest absolute Gasteiger partial charge is 0.394 e. The van der Waals surface area contributed by atoms with Crippen LogP contribution >= 0.6 is 0 Å². The Morgan fingerprint density at radius 3 is 1.53 bits per heavy atom. The normalized spacial score (nSPS) is 30.3. The van der Waals surface area contributed by atoms with Gasteiger partial charge in [0.15, 0.2) is 12.6 Å². The van der Waals surface area contributed by atoms with Gasteiger partial charge in [-0.2, -0.15) is 0 Å². The number of amides is 1. The molecular weight excluding hydrogens is 690 g/mol. The summed E-state index contributed by atoms with van der Waals surface area (Å²) in [5.74, 6) is -0.294. The third kappa shape index (κ3) is 17.8. The minimum absolute atomic E-state index is 0.188. The number of unbranched alkanes of at least 4 members (excludes halogenated alkanes) is 18. The van der Waals surface area contributed by atoms with Gasteiger partial charge >= 0.3 is 0 Å². The molecule has 0 aromatic rings. The Labute approximate surface area is 317 Å². The Bertz CT molecular complexity index is 915. The molecule has 14 heteroatoms. The summed E-state index contributed by atoms with van der Waals surface area (Å²) in [6.07, 6.45) is 8.10. The van der Waals surface area contributed by atoms with E-state index < -0.39 is 86.8 Å². The molecule has 0 aromatic heterocycles. The lowest BCUT2D eigenvalue weighted by Gasteiger charge is -2.46. The van der Waals surface area contributed by atoms with E-state index in [1.54, 1.807) is 6.92 Å². The zero-order chi connectivity index (χ0) is 39.0. The minimum Gasteiger partial charge on any atom is -0.394 e. The van der Waals surface area contributed by atoms with E-state index >= 15 is 0 Å². The van der Waals surface area contributed by atoms with Gasteiger partial charge in [0, 0.05) is 6.42 Å². The lowest BCUT2D eigenvalue weighted by Crippen LogP contribution is -2.65. The summed E-state index contributed by atoms with van der Waals surface area (Å²) in [4.78, 5) is 12.3. The number of carbonyl (C=O) groups is 1. The molecule has 0 saturated carbocycles. The van der Waals surface area contributed by atoms with E-state index in [0.29, 0.717) is 6.42 Å². The topological polar surface area (TPSA) is 228 Å². The first kappa shape index (κ1) is 48.1. The van der Waals surface area contributed by atoms with Gasteiger partial charge in [0.25, 0.3) is 0 Å². The summed E-state index contributed by atoms with van der Waals surface area (Å²) in [5, 5.41) is 85.3. The Kier molecular flexibility index (Phi) is 25.8. The van der Waals surface area contributed by atoms with Crippen LogP contribution in [-0.2, 0) is 23.7 Å². The first-order valence-corrected chi connectivity index (χ1v) is 20.8. The molecule has 0 aromatic carbocycles. The second-order valence-electron chi connectivity index (χ2n) is 15.1. The van der Waals surface area contributed by atoms with Gasteiger partial charge < -0.3 is 65.1 Å². The number of hydrogen-bond donors (Lipinski definition) is 9.